The van der Waals surface area contributed by atoms with Gasteiger partial charge in [0.05, 0.1) is 34.8 Å². The third-order valence-electron chi connectivity index (χ3n) is 5.59. The summed E-state index contributed by atoms with van der Waals surface area (Å²) in [5.41, 5.74) is 2.63. The Balaban J connectivity index is 1.83. The largest absolute Gasteiger partial charge is 0.507 e. The highest BCUT2D eigenvalue weighted by Crippen LogP contribution is 2.39. The van der Waals surface area contributed by atoms with E-state index < -0.39 is 17.7 Å². The second-order valence-electron chi connectivity index (χ2n) is 7.97. The molecule has 2 aromatic heterocycles. The summed E-state index contributed by atoms with van der Waals surface area (Å²) in [7, 11) is 3.80. The van der Waals surface area contributed by atoms with E-state index in [0.29, 0.717) is 29.9 Å². The van der Waals surface area contributed by atoms with Gasteiger partial charge >= 0.3 is 0 Å². The minimum absolute atomic E-state index is 0.0532. The summed E-state index contributed by atoms with van der Waals surface area (Å²) in [6, 6.07) is 12.3. The van der Waals surface area contributed by atoms with Gasteiger partial charge in [0.2, 0.25) is 0 Å². The number of likely N-dealkylation sites (tertiary alicyclic amines) is 1. The molecule has 0 saturated carbocycles. The highest BCUT2D eigenvalue weighted by atomic mass is 16.3. The normalized spacial score (nSPS) is 18.0. The van der Waals surface area contributed by atoms with Crippen LogP contribution < -0.4 is 0 Å². The van der Waals surface area contributed by atoms with E-state index in [4.69, 9.17) is 0 Å². The summed E-state index contributed by atoms with van der Waals surface area (Å²) >= 11 is 0. The number of benzene rings is 1. The predicted molar refractivity (Wildman–Crippen MR) is 120 cm³/mol. The molecule has 4 rings (SSSR count). The maximum atomic E-state index is 13.1. The SMILES string of the molecule is Cc1c(/C(O)=C2\C(=O)C(=O)N(CCN(C)C)[C@H]2c2cccnc2)cnn1-c1ccccc1. The number of Topliss-reactive ketones (excluding diaryl/α,β-unsaturated/α-hetero) is 1. The molecular weight excluding hydrogens is 406 g/mol. The third kappa shape index (κ3) is 3.80. The van der Waals surface area contributed by atoms with Gasteiger partial charge in [-0.1, -0.05) is 24.3 Å². The van der Waals surface area contributed by atoms with Gasteiger partial charge in [-0.05, 0) is 44.8 Å². The quantitative estimate of drug-likeness (QED) is 0.366. The van der Waals surface area contributed by atoms with E-state index in [9.17, 15) is 14.7 Å². The van der Waals surface area contributed by atoms with E-state index in [-0.39, 0.29) is 11.3 Å². The molecule has 1 aromatic carbocycles. The minimum atomic E-state index is -0.719. The zero-order valence-corrected chi connectivity index (χ0v) is 18.3. The number of carbonyl (C=O) groups excluding carboxylic acids is 2. The first-order valence-electron chi connectivity index (χ1n) is 10.3. The van der Waals surface area contributed by atoms with Crippen molar-refractivity contribution in [2.45, 2.75) is 13.0 Å². The number of nitrogens with zero attached hydrogens (tertiary/aromatic N) is 5. The summed E-state index contributed by atoms with van der Waals surface area (Å²) in [6.07, 6.45) is 4.77. The molecule has 8 nitrogen and oxygen atoms in total. The molecule has 1 atom stereocenters. The van der Waals surface area contributed by atoms with Crippen molar-refractivity contribution in [2.24, 2.45) is 0 Å². The molecule has 0 aliphatic carbocycles. The van der Waals surface area contributed by atoms with Crippen molar-refractivity contribution < 1.29 is 14.7 Å². The average Bonchev–Trinajstić information content (AvgIpc) is 3.30. The van der Waals surface area contributed by atoms with Crippen LogP contribution in [0.1, 0.15) is 22.9 Å². The van der Waals surface area contributed by atoms with Crippen molar-refractivity contribution in [2.75, 3.05) is 27.2 Å². The Morgan fingerprint density at radius 3 is 2.50 bits per heavy atom. The summed E-state index contributed by atoms with van der Waals surface area (Å²) in [6.45, 7) is 2.74. The number of para-hydroxylation sites is 1. The van der Waals surface area contributed by atoms with Gasteiger partial charge in [0.1, 0.15) is 5.76 Å². The van der Waals surface area contributed by atoms with Gasteiger partial charge < -0.3 is 14.9 Å². The van der Waals surface area contributed by atoms with Crippen LogP contribution in [-0.2, 0) is 9.59 Å². The molecular formula is C24H25N5O3. The molecule has 32 heavy (non-hydrogen) atoms. The first-order valence-corrected chi connectivity index (χ1v) is 10.3. The van der Waals surface area contributed by atoms with Crippen molar-refractivity contribution in [3.8, 4) is 5.69 Å². The van der Waals surface area contributed by atoms with Crippen molar-refractivity contribution in [3.63, 3.8) is 0 Å². The second-order valence-corrected chi connectivity index (χ2v) is 7.97. The van der Waals surface area contributed by atoms with Gasteiger partial charge in [-0.15, -0.1) is 0 Å². The molecule has 3 heterocycles. The monoisotopic (exact) mass is 431 g/mol. The van der Waals surface area contributed by atoms with Crippen LogP contribution in [0.2, 0.25) is 0 Å². The maximum Gasteiger partial charge on any atom is 0.295 e. The van der Waals surface area contributed by atoms with Gasteiger partial charge in [-0.3, -0.25) is 14.6 Å². The lowest BCUT2D eigenvalue weighted by Crippen LogP contribution is -2.35. The number of aromatic nitrogens is 3. The molecule has 8 heteroatoms. The Morgan fingerprint density at radius 1 is 1.09 bits per heavy atom. The van der Waals surface area contributed by atoms with Crippen molar-refractivity contribution in [1.82, 2.24) is 24.6 Å². The average molecular weight is 431 g/mol. The molecule has 0 bridgehead atoms. The fourth-order valence-corrected chi connectivity index (χ4v) is 3.92. The highest BCUT2D eigenvalue weighted by molar-refractivity contribution is 6.46. The highest BCUT2D eigenvalue weighted by Gasteiger charge is 2.46. The number of aliphatic hydroxyl groups excluding tert-OH is 1. The molecule has 0 unspecified atom stereocenters. The summed E-state index contributed by atoms with van der Waals surface area (Å²) in [5.74, 6) is -1.57. The summed E-state index contributed by atoms with van der Waals surface area (Å²) in [4.78, 5) is 33.6. The number of amides is 1. The van der Waals surface area contributed by atoms with Gasteiger partial charge in [0, 0.05) is 25.5 Å². The van der Waals surface area contributed by atoms with Crippen LogP contribution in [0.5, 0.6) is 0 Å². The number of hydrogen-bond acceptors (Lipinski definition) is 6. The van der Waals surface area contributed by atoms with Crippen LogP contribution in [0.25, 0.3) is 11.4 Å². The van der Waals surface area contributed by atoms with Crippen molar-refractivity contribution in [1.29, 1.82) is 0 Å². The van der Waals surface area contributed by atoms with Crippen LogP contribution in [0.4, 0.5) is 0 Å². The Morgan fingerprint density at radius 2 is 1.84 bits per heavy atom. The molecule has 1 N–H and O–H groups in total. The lowest BCUT2D eigenvalue weighted by Gasteiger charge is -2.26. The molecule has 0 radical (unpaired) electrons. The first kappa shape index (κ1) is 21.5. The number of hydrogen-bond donors (Lipinski definition) is 1. The van der Waals surface area contributed by atoms with Gasteiger partial charge in [-0.25, -0.2) is 4.68 Å². The van der Waals surface area contributed by atoms with Crippen LogP contribution in [0, 0.1) is 6.92 Å². The minimum Gasteiger partial charge on any atom is -0.507 e. The molecule has 1 saturated heterocycles. The number of pyridine rings is 1. The Bertz CT molecular complexity index is 1170. The zero-order chi connectivity index (χ0) is 22.8. The summed E-state index contributed by atoms with van der Waals surface area (Å²) in [5, 5.41) is 15.7. The van der Waals surface area contributed by atoms with E-state index in [0.717, 1.165) is 5.69 Å². The third-order valence-corrected chi connectivity index (χ3v) is 5.59. The fourth-order valence-electron chi connectivity index (χ4n) is 3.92. The van der Waals surface area contributed by atoms with Crippen LogP contribution >= 0.6 is 0 Å². The standard InChI is InChI=1S/C24H25N5O3/c1-16-19(15-26-29(16)18-9-5-4-6-10-18)22(30)20-21(17-8-7-11-25-14-17)28(13-12-27(2)3)24(32)23(20)31/h4-11,14-15,21,30H,12-13H2,1-3H3/b22-20+/t21-/m0/s1. The lowest BCUT2D eigenvalue weighted by atomic mass is 9.96. The molecule has 1 aliphatic heterocycles. The number of rotatable bonds is 6. The molecule has 1 amide bonds. The van der Waals surface area contributed by atoms with Crippen LogP contribution in [0.3, 0.4) is 0 Å². The van der Waals surface area contributed by atoms with Crippen LogP contribution in [-0.4, -0.2) is 68.5 Å². The lowest BCUT2D eigenvalue weighted by molar-refractivity contribution is -0.140. The van der Waals surface area contributed by atoms with E-state index in [1.807, 2.05) is 56.3 Å². The first-order chi connectivity index (χ1) is 15.4. The number of aliphatic hydroxyl groups is 1. The fraction of sp³-hybridized carbons (Fsp3) is 0.250. The van der Waals surface area contributed by atoms with E-state index >= 15 is 0 Å². The Hall–Kier alpha value is -3.78. The molecule has 1 fully saturated rings. The Labute approximate surface area is 186 Å². The number of carbonyl (C=O) groups is 2. The number of likely N-dealkylation sites (N-methyl/N-ethyl adjacent to an activating group) is 1. The van der Waals surface area contributed by atoms with Crippen molar-refractivity contribution in [3.05, 3.63) is 83.4 Å². The van der Waals surface area contributed by atoms with E-state index in [1.165, 1.54) is 11.1 Å². The molecule has 0 spiro atoms. The molecule has 3 aromatic rings. The van der Waals surface area contributed by atoms with Gasteiger partial charge in [-0.2, -0.15) is 5.10 Å². The van der Waals surface area contributed by atoms with E-state index in [2.05, 4.69) is 10.1 Å². The topological polar surface area (TPSA) is 91.6 Å². The molecule has 1 aliphatic rings. The summed E-state index contributed by atoms with van der Waals surface area (Å²) < 4.78 is 1.69. The van der Waals surface area contributed by atoms with Gasteiger partial charge in [0.15, 0.2) is 0 Å². The number of ketones is 1. The van der Waals surface area contributed by atoms with Gasteiger partial charge in [0.25, 0.3) is 11.7 Å². The predicted octanol–water partition coefficient (Wildman–Crippen LogP) is 2.56. The Kier molecular flexibility index (Phi) is 5.87. The van der Waals surface area contributed by atoms with E-state index in [1.54, 1.807) is 29.2 Å². The second kappa shape index (κ2) is 8.76. The van der Waals surface area contributed by atoms with Crippen molar-refractivity contribution >= 4 is 17.4 Å². The molecule has 164 valence electrons. The zero-order valence-electron chi connectivity index (χ0n) is 18.3. The maximum absolute atomic E-state index is 13.1. The van der Waals surface area contributed by atoms with Crippen LogP contribution in [0.15, 0.2) is 66.6 Å². The smallest absolute Gasteiger partial charge is 0.295 e.